The van der Waals surface area contributed by atoms with Crippen LogP contribution in [0.5, 0.6) is 5.75 Å². The van der Waals surface area contributed by atoms with Gasteiger partial charge in [-0.3, -0.25) is 4.90 Å². The van der Waals surface area contributed by atoms with E-state index in [2.05, 4.69) is 71.2 Å². The fraction of sp³-hybridized carbons (Fsp3) is 0.304. The van der Waals surface area contributed by atoms with Crippen LogP contribution < -0.4 is 4.74 Å². The molecule has 1 unspecified atom stereocenters. The maximum atomic E-state index is 6.06. The molecule has 0 saturated carbocycles. The van der Waals surface area contributed by atoms with Crippen molar-refractivity contribution >= 4 is 0 Å². The van der Waals surface area contributed by atoms with E-state index in [0.717, 1.165) is 31.9 Å². The van der Waals surface area contributed by atoms with Crippen molar-refractivity contribution in [2.75, 3.05) is 20.3 Å². The number of nitrogens with zero attached hydrogens (tertiary/aromatic N) is 2. The maximum absolute atomic E-state index is 6.06. The first-order chi connectivity index (χ1) is 13.3. The van der Waals surface area contributed by atoms with Crippen LogP contribution in [-0.4, -0.2) is 29.7 Å². The molecule has 3 aromatic rings. The van der Waals surface area contributed by atoms with Crippen molar-refractivity contribution in [1.82, 2.24) is 9.47 Å². The summed E-state index contributed by atoms with van der Waals surface area (Å²) in [6.45, 7) is 4.76. The molecule has 2 heterocycles. The molecular formula is C23H26N2O2. The highest BCUT2D eigenvalue weighted by Gasteiger charge is 2.27. The van der Waals surface area contributed by atoms with Crippen LogP contribution in [0, 0.1) is 0 Å². The predicted octanol–water partition coefficient (Wildman–Crippen LogP) is 4.58. The van der Waals surface area contributed by atoms with Crippen LogP contribution in [0.4, 0.5) is 0 Å². The Bertz CT molecular complexity index is 885. The zero-order valence-electron chi connectivity index (χ0n) is 16.0. The van der Waals surface area contributed by atoms with E-state index >= 15 is 0 Å². The Morgan fingerprint density at radius 3 is 2.67 bits per heavy atom. The number of hydrogen-bond acceptors (Lipinski definition) is 3. The fourth-order valence-corrected chi connectivity index (χ4v) is 3.71. The van der Waals surface area contributed by atoms with Crippen LogP contribution >= 0.6 is 0 Å². The van der Waals surface area contributed by atoms with Crippen molar-refractivity contribution in [3.05, 3.63) is 83.7 Å². The standard InChI is InChI=1S/C23H26N2O2/c1-3-19-6-4-5-7-22(19)24-13-12-20(17-24)23-25(14-15-27-23)16-18-8-10-21(26-2)11-9-18/h4-13,17,23H,3,14-16H2,1-2H3. The molecule has 0 aliphatic carbocycles. The predicted molar refractivity (Wildman–Crippen MR) is 107 cm³/mol. The third-order valence-electron chi connectivity index (χ3n) is 5.18. The van der Waals surface area contributed by atoms with Gasteiger partial charge >= 0.3 is 0 Å². The summed E-state index contributed by atoms with van der Waals surface area (Å²) in [4.78, 5) is 2.38. The molecule has 4 heteroatoms. The number of methoxy groups -OCH3 is 1. The number of benzene rings is 2. The third-order valence-corrected chi connectivity index (χ3v) is 5.18. The highest BCUT2D eigenvalue weighted by atomic mass is 16.5. The van der Waals surface area contributed by atoms with Crippen molar-refractivity contribution in [2.45, 2.75) is 26.1 Å². The summed E-state index contributed by atoms with van der Waals surface area (Å²) in [7, 11) is 1.70. The average molecular weight is 362 g/mol. The van der Waals surface area contributed by atoms with Gasteiger partial charge in [0.15, 0.2) is 0 Å². The highest BCUT2D eigenvalue weighted by molar-refractivity contribution is 5.42. The lowest BCUT2D eigenvalue weighted by molar-refractivity contribution is 0.0288. The number of aryl methyl sites for hydroxylation is 1. The Hall–Kier alpha value is -2.56. The molecule has 0 amide bonds. The zero-order valence-corrected chi connectivity index (χ0v) is 16.0. The summed E-state index contributed by atoms with van der Waals surface area (Å²) in [5.41, 5.74) is 5.06. The topological polar surface area (TPSA) is 26.6 Å². The molecule has 1 aromatic heterocycles. The molecule has 27 heavy (non-hydrogen) atoms. The summed E-state index contributed by atoms with van der Waals surface area (Å²) in [6.07, 6.45) is 5.36. The van der Waals surface area contributed by atoms with E-state index in [4.69, 9.17) is 9.47 Å². The van der Waals surface area contributed by atoms with E-state index in [1.54, 1.807) is 7.11 Å². The number of para-hydroxylation sites is 1. The van der Waals surface area contributed by atoms with Crippen LogP contribution in [0.1, 0.15) is 29.8 Å². The van der Waals surface area contributed by atoms with E-state index in [1.165, 1.54) is 22.4 Å². The Morgan fingerprint density at radius 2 is 1.89 bits per heavy atom. The molecule has 1 aliphatic heterocycles. The van der Waals surface area contributed by atoms with E-state index in [0.29, 0.717) is 0 Å². The third kappa shape index (κ3) is 3.77. The van der Waals surface area contributed by atoms with E-state index in [9.17, 15) is 0 Å². The molecule has 2 aromatic carbocycles. The molecule has 4 rings (SSSR count). The van der Waals surface area contributed by atoms with Crippen LogP contribution in [0.3, 0.4) is 0 Å². The molecular weight excluding hydrogens is 336 g/mol. The van der Waals surface area contributed by atoms with E-state index in [-0.39, 0.29) is 6.23 Å². The minimum Gasteiger partial charge on any atom is -0.497 e. The van der Waals surface area contributed by atoms with Crippen LogP contribution in [0.15, 0.2) is 67.0 Å². The monoisotopic (exact) mass is 362 g/mol. The summed E-state index contributed by atoms with van der Waals surface area (Å²) in [5.74, 6) is 0.889. The first kappa shape index (κ1) is 17.8. The lowest BCUT2D eigenvalue weighted by atomic mass is 10.1. The smallest absolute Gasteiger partial charge is 0.138 e. The summed E-state index contributed by atoms with van der Waals surface area (Å²) in [6, 6.07) is 19.0. The highest BCUT2D eigenvalue weighted by Crippen LogP contribution is 2.30. The van der Waals surface area contributed by atoms with Crippen molar-refractivity contribution < 1.29 is 9.47 Å². The number of aromatic nitrogens is 1. The molecule has 1 atom stereocenters. The molecule has 1 saturated heterocycles. The van der Waals surface area contributed by atoms with Crippen LogP contribution in [0.2, 0.25) is 0 Å². The molecule has 4 nitrogen and oxygen atoms in total. The van der Waals surface area contributed by atoms with Gasteiger partial charge < -0.3 is 14.0 Å². The normalized spacial score (nSPS) is 17.3. The second-order valence-corrected chi connectivity index (χ2v) is 6.88. The van der Waals surface area contributed by atoms with Gasteiger partial charge in [-0.15, -0.1) is 0 Å². The second kappa shape index (κ2) is 7.99. The van der Waals surface area contributed by atoms with Crippen LogP contribution in [0.25, 0.3) is 5.69 Å². The summed E-state index contributed by atoms with van der Waals surface area (Å²) < 4.78 is 13.5. The SMILES string of the molecule is CCc1ccccc1-n1ccc(C2OCCN2Cc2ccc(OC)cc2)c1. The average Bonchev–Trinajstić information content (AvgIpc) is 3.38. The maximum Gasteiger partial charge on any atom is 0.138 e. The Balaban J connectivity index is 1.53. The molecule has 1 aliphatic rings. The Labute approximate surface area is 161 Å². The van der Waals surface area contributed by atoms with Crippen molar-refractivity contribution in [3.8, 4) is 11.4 Å². The lowest BCUT2D eigenvalue weighted by Gasteiger charge is -2.22. The molecule has 0 spiro atoms. The lowest BCUT2D eigenvalue weighted by Crippen LogP contribution is -2.23. The number of hydrogen-bond donors (Lipinski definition) is 0. The Morgan fingerprint density at radius 1 is 1.07 bits per heavy atom. The van der Waals surface area contributed by atoms with E-state index in [1.807, 2.05) is 12.1 Å². The number of rotatable bonds is 6. The van der Waals surface area contributed by atoms with Gasteiger partial charge in [-0.2, -0.15) is 0 Å². The minimum atomic E-state index is 0.00198. The van der Waals surface area contributed by atoms with Gasteiger partial charge in [0.25, 0.3) is 0 Å². The summed E-state index contributed by atoms with van der Waals surface area (Å²) >= 11 is 0. The van der Waals surface area contributed by atoms with Crippen molar-refractivity contribution in [3.63, 3.8) is 0 Å². The first-order valence-corrected chi connectivity index (χ1v) is 9.53. The van der Waals surface area contributed by atoms with Gasteiger partial charge in [-0.1, -0.05) is 37.3 Å². The Kier molecular flexibility index (Phi) is 5.28. The van der Waals surface area contributed by atoms with Crippen molar-refractivity contribution in [2.24, 2.45) is 0 Å². The molecule has 0 radical (unpaired) electrons. The van der Waals surface area contributed by atoms with Gasteiger partial charge in [0.1, 0.15) is 12.0 Å². The quantitative estimate of drug-likeness (QED) is 0.642. The van der Waals surface area contributed by atoms with Gasteiger partial charge in [0.05, 0.1) is 13.7 Å². The van der Waals surface area contributed by atoms with Gasteiger partial charge in [0, 0.05) is 36.7 Å². The fourth-order valence-electron chi connectivity index (χ4n) is 3.71. The zero-order chi connectivity index (χ0) is 18.6. The van der Waals surface area contributed by atoms with Gasteiger partial charge in [-0.05, 0) is 41.8 Å². The second-order valence-electron chi connectivity index (χ2n) is 6.88. The van der Waals surface area contributed by atoms with Gasteiger partial charge in [0.2, 0.25) is 0 Å². The van der Waals surface area contributed by atoms with Crippen LogP contribution in [-0.2, 0) is 17.7 Å². The number of ether oxygens (including phenoxy) is 2. The van der Waals surface area contributed by atoms with Crippen molar-refractivity contribution in [1.29, 1.82) is 0 Å². The van der Waals surface area contributed by atoms with Gasteiger partial charge in [-0.25, -0.2) is 0 Å². The van der Waals surface area contributed by atoms with E-state index < -0.39 is 0 Å². The summed E-state index contributed by atoms with van der Waals surface area (Å²) in [5, 5.41) is 0. The first-order valence-electron chi connectivity index (χ1n) is 9.53. The molecule has 0 bridgehead atoms. The molecule has 140 valence electrons. The molecule has 0 N–H and O–H groups in total. The minimum absolute atomic E-state index is 0.00198. The molecule has 1 fully saturated rings. The largest absolute Gasteiger partial charge is 0.497 e.